The molecule has 0 rings (SSSR count). The minimum Gasteiger partial charge on any atom is -0.607 e. The molecular weight excluding hydrogens is 219 g/mol. The molecule has 0 bridgehead atoms. The molecule has 0 aromatic carbocycles. The summed E-state index contributed by atoms with van der Waals surface area (Å²) in [6.07, 6.45) is 0.816. The summed E-state index contributed by atoms with van der Waals surface area (Å²) < 4.78 is 9.86. The summed E-state index contributed by atoms with van der Waals surface area (Å²) >= 11 is 0. The second-order valence-corrected chi connectivity index (χ2v) is 5.21. The van der Waals surface area contributed by atoms with Crippen molar-refractivity contribution < 1.29 is 48.9 Å². The summed E-state index contributed by atoms with van der Waals surface area (Å²) in [6.45, 7) is 10.4. The van der Waals surface area contributed by atoms with Crippen molar-refractivity contribution in [2.75, 3.05) is 0 Å². The Labute approximate surface area is 119 Å². The van der Waals surface area contributed by atoms with Crippen molar-refractivity contribution in [1.29, 1.82) is 0 Å². The average Bonchev–Trinajstić information content (AvgIpc) is 1.73. The Morgan fingerprint density at radius 3 is 1.69 bits per heavy atom. The number of ether oxygens (including phenoxy) is 2. The molecule has 0 saturated carbocycles. The summed E-state index contributed by atoms with van der Waals surface area (Å²) in [5.74, 6) is -1.37. The van der Waals surface area contributed by atoms with Crippen LogP contribution in [-0.2, 0) is 14.3 Å². The molecule has 0 atom stereocenters. The molecule has 0 aliphatic carbocycles. The first kappa shape index (κ1) is 18.2. The summed E-state index contributed by atoms with van der Waals surface area (Å²) in [6, 6.07) is 0. The topological polar surface area (TPSA) is 58.6 Å². The van der Waals surface area contributed by atoms with Crippen molar-refractivity contribution in [2.24, 2.45) is 0 Å². The van der Waals surface area contributed by atoms with Gasteiger partial charge in [0.2, 0.25) is 0 Å². The van der Waals surface area contributed by atoms with Crippen LogP contribution in [-0.4, -0.2) is 17.2 Å². The van der Waals surface area contributed by atoms with Crippen molar-refractivity contribution in [3.8, 4) is 0 Å². The number of esters is 1. The van der Waals surface area contributed by atoms with Gasteiger partial charge in [0.05, 0.1) is 5.95 Å². The smallest absolute Gasteiger partial charge is 0.607 e. The maximum absolute atomic E-state index is 11.2. The largest absolute Gasteiger partial charge is 1.00 e. The van der Waals surface area contributed by atoms with Crippen LogP contribution in [0.1, 0.15) is 41.5 Å². The summed E-state index contributed by atoms with van der Waals surface area (Å²) in [5.41, 5.74) is -1.20. The Morgan fingerprint density at radius 2 is 1.38 bits per heavy atom. The van der Waals surface area contributed by atoms with Gasteiger partial charge in [0.1, 0.15) is 5.60 Å². The van der Waals surface area contributed by atoms with Crippen LogP contribution in [0.2, 0.25) is 0 Å². The van der Waals surface area contributed by atoms with Gasteiger partial charge in [-0.3, -0.25) is 0 Å². The van der Waals surface area contributed by atoms with Gasteiger partial charge < -0.3 is 14.6 Å². The third-order valence-electron chi connectivity index (χ3n) is 1.05. The van der Waals surface area contributed by atoms with Crippen LogP contribution < -0.4 is 34.7 Å². The van der Waals surface area contributed by atoms with Crippen molar-refractivity contribution in [3.05, 3.63) is 12.0 Å². The number of carbonyl (C=O) groups is 1. The molecular formula is C11H19NaO4. The summed E-state index contributed by atoms with van der Waals surface area (Å²) in [4.78, 5) is 11.2. The Balaban J connectivity index is 0. The van der Waals surface area contributed by atoms with E-state index in [-0.39, 0.29) is 29.6 Å². The number of carbonyl (C=O) groups excluding carboxylic acids is 1. The van der Waals surface area contributed by atoms with Gasteiger partial charge in [0.25, 0.3) is 0 Å². The molecule has 5 heteroatoms. The fourth-order valence-corrected chi connectivity index (χ4v) is 0.759. The van der Waals surface area contributed by atoms with E-state index in [0.29, 0.717) is 0 Å². The molecule has 16 heavy (non-hydrogen) atoms. The predicted octanol–water partition coefficient (Wildman–Crippen LogP) is -1.65. The molecule has 4 nitrogen and oxygen atoms in total. The van der Waals surface area contributed by atoms with Gasteiger partial charge in [-0.25, -0.2) is 4.79 Å². The molecule has 0 heterocycles. The van der Waals surface area contributed by atoms with Gasteiger partial charge in [-0.15, -0.1) is 0 Å². The monoisotopic (exact) mass is 238 g/mol. The zero-order chi connectivity index (χ0) is 12.3. The summed E-state index contributed by atoms with van der Waals surface area (Å²) in [5, 5.41) is 11.2. The van der Waals surface area contributed by atoms with Gasteiger partial charge in [0.15, 0.2) is 0 Å². The molecule has 0 aromatic rings. The molecule has 0 spiro atoms. The fourth-order valence-electron chi connectivity index (χ4n) is 0.759. The zero-order valence-electron chi connectivity index (χ0n) is 11.2. The van der Waals surface area contributed by atoms with Crippen LogP contribution in [0.4, 0.5) is 0 Å². The van der Waals surface area contributed by atoms with Crippen molar-refractivity contribution in [2.45, 2.75) is 52.7 Å². The van der Waals surface area contributed by atoms with Crippen LogP contribution in [0.25, 0.3) is 0 Å². The van der Waals surface area contributed by atoms with Crippen molar-refractivity contribution in [1.82, 2.24) is 0 Å². The van der Waals surface area contributed by atoms with Gasteiger partial charge in [-0.05, 0) is 20.8 Å². The van der Waals surface area contributed by atoms with Crippen molar-refractivity contribution >= 4 is 5.97 Å². The van der Waals surface area contributed by atoms with E-state index in [0.717, 1.165) is 6.08 Å². The standard InChI is InChI=1S/C11H20O4.Na/c1-10(2,3)14-8(12)7-9(13)15-11(4,5)6;/h7,12H,1-6H3;/q;+1/p-1/b8-7-;. The molecule has 0 aliphatic heterocycles. The third kappa shape index (κ3) is 11.9. The molecule has 0 saturated heterocycles. The first-order valence-corrected chi connectivity index (χ1v) is 4.80. The number of hydrogen-bond donors (Lipinski definition) is 0. The third-order valence-corrected chi connectivity index (χ3v) is 1.05. The second-order valence-electron chi connectivity index (χ2n) is 5.21. The van der Waals surface area contributed by atoms with Crippen LogP contribution in [0.15, 0.2) is 12.0 Å². The van der Waals surface area contributed by atoms with Gasteiger partial charge in [0, 0.05) is 11.7 Å². The average molecular weight is 238 g/mol. The minimum absolute atomic E-state index is 0. The van der Waals surface area contributed by atoms with Crippen LogP contribution >= 0.6 is 0 Å². The van der Waals surface area contributed by atoms with E-state index >= 15 is 0 Å². The Kier molecular flexibility index (Phi) is 7.41. The first-order valence-electron chi connectivity index (χ1n) is 4.80. The van der Waals surface area contributed by atoms with E-state index in [1.807, 2.05) is 0 Å². The molecule has 0 fully saturated rings. The van der Waals surface area contributed by atoms with Gasteiger partial charge >= 0.3 is 35.5 Å². The molecule has 88 valence electrons. The van der Waals surface area contributed by atoms with Gasteiger partial charge in [-0.2, -0.15) is 0 Å². The Hall–Kier alpha value is -0.190. The van der Waals surface area contributed by atoms with E-state index in [9.17, 15) is 9.90 Å². The SMILES string of the molecule is CC(C)(C)OC(=O)/C=C(/[O-])OC(C)(C)C.[Na+]. The van der Waals surface area contributed by atoms with E-state index < -0.39 is 23.1 Å². The predicted molar refractivity (Wildman–Crippen MR) is 54.8 cm³/mol. The van der Waals surface area contributed by atoms with Crippen LogP contribution in [0.3, 0.4) is 0 Å². The van der Waals surface area contributed by atoms with Crippen LogP contribution in [0.5, 0.6) is 0 Å². The van der Waals surface area contributed by atoms with Crippen molar-refractivity contribution in [3.63, 3.8) is 0 Å². The fraction of sp³-hybridized carbons (Fsp3) is 0.727. The first-order chi connectivity index (χ1) is 6.49. The molecule has 0 radical (unpaired) electrons. The van der Waals surface area contributed by atoms with E-state index in [2.05, 4.69) is 0 Å². The Bertz CT molecular complexity index is 258. The summed E-state index contributed by atoms with van der Waals surface area (Å²) in [7, 11) is 0. The molecule has 0 N–H and O–H groups in total. The van der Waals surface area contributed by atoms with Gasteiger partial charge in [-0.1, -0.05) is 20.8 Å². The number of rotatable bonds is 2. The maximum Gasteiger partial charge on any atom is 1.00 e. The van der Waals surface area contributed by atoms with E-state index in [4.69, 9.17) is 9.47 Å². The maximum atomic E-state index is 11.2. The Morgan fingerprint density at radius 1 is 1.00 bits per heavy atom. The normalized spacial score (nSPS) is 12.8. The van der Waals surface area contributed by atoms with Crippen LogP contribution in [0, 0.1) is 0 Å². The quantitative estimate of drug-likeness (QED) is 0.250. The molecule has 0 aromatic heterocycles. The number of hydrogen-bond acceptors (Lipinski definition) is 4. The zero-order valence-corrected chi connectivity index (χ0v) is 13.2. The molecule has 0 amide bonds. The minimum atomic E-state index is -0.684. The van der Waals surface area contributed by atoms with E-state index in [1.165, 1.54) is 0 Å². The molecule has 0 unspecified atom stereocenters. The second kappa shape index (κ2) is 6.52. The van der Waals surface area contributed by atoms with E-state index in [1.54, 1.807) is 41.5 Å². The molecule has 0 aliphatic rings.